The van der Waals surface area contributed by atoms with Crippen LogP contribution in [-0.2, 0) is 6.54 Å². The second-order valence-corrected chi connectivity index (χ2v) is 7.87. The second-order valence-electron chi connectivity index (χ2n) is 6.94. The third-order valence-corrected chi connectivity index (χ3v) is 6.11. The van der Waals surface area contributed by atoms with E-state index in [1.54, 1.807) is 25.6 Å². The zero-order valence-corrected chi connectivity index (χ0v) is 17.3. The minimum atomic E-state index is 0.361. The third kappa shape index (κ3) is 3.77. The van der Waals surface area contributed by atoms with Gasteiger partial charge in [-0.15, -0.1) is 11.3 Å². The molecule has 1 atom stereocenters. The zero-order valence-electron chi connectivity index (χ0n) is 16.5. The molecule has 0 aliphatic carbocycles. The minimum Gasteiger partial charge on any atom is -0.497 e. The molecule has 0 amide bonds. The highest BCUT2D eigenvalue weighted by Gasteiger charge is 2.27. The number of benzene rings is 1. The van der Waals surface area contributed by atoms with Gasteiger partial charge in [-0.1, -0.05) is 6.42 Å². The van der Waals surface area contributed by atoms with Crippen molar-refractivity contribution in [3.05, 3.63) is 46.2 Å². The maximum absolute atomic E-state index is 6.02. The molecule has 4 rings (SSSR count). The van der Waals surface area contributed by atoms with Gasteiger partial charge in [0.15, 0.2) is 0 Å². The topological polar surface area (TPSA) is 60.6 Å². The summed E-state index contributed by atoms with van der Waals surface area (Å²) in [7, 11) is 3.29. The quantitative estimate of drug-likeness (QED) is 0.590. The molecule has 1 saturated heterocycles. The summed E-state index contributed by atoms with van der Waals surface area (Å²) in [4.78, 5) is 11.8. The number of rotatable bonds is 6. The standard InChI is InChI=1S/C21H25N3O3S/c1-14-17(13-24-10-5-4-6-18(24)21-22-9-11-28-21)23-20(27-14)16-12-15(25-2)7-8-19(16)26-3/h7-9,11-12,18H,4-6,10,13H2,1-3H3/t18-/m0/s1. The van der Waals surface area contributed by atoms with Crippen molar-refractivity contribution in [2.75, 3.05) is 20.8 Å². The fourth-order valence-electron chi connectivity index (χ4n) is 3.72. The van der Waals surface area contributed by atoms with Crippen LogP contribution in [0.15, 0.2) is 34.2 Å². The molecule has 3 heterocycles. The molecule has 2 aromatic heterocycles. The maximum atomic E-state index is 6.02. The number of thiazole rings is 1. The molecule has 1 aliphatic rings. The molecule has 0 saturated carbocycles. The van der Waals surface area contributed by atoms with E-state index in [2.05, 4.69) is 15.3 Å². The summed E-state index contributed by atoms with van der Waals surface area (Å²) < 4.78 is 16.9. The van der Waals surface area contributed by atoms with Gasteiger partial charge in [0.25, 0.3) is 0 Å². The molecule has 0 bridgehead atoms. The van der Waals surface area contributed by atoms with Crippen molar-refractivity contribution in [1.82, 2.24) is 14.9 Å². The van der Waals surface area contributed by atoms with E-state index in [1.165, 1.54) is 17.8 Å². The monoisotopic (exact) mass is 399 g/mol. The molecule has 0 unspecified atom stereocenters. The van der Waals surface area contributed by atoms with Crippen LogP contribution in [0.1, 0.15) is 41.8 Å². The lowest BCUT2D eigenvalue weighted by Gasteiger charge is -2.33. The number of aromatic nitrogens is 2. The van der Waals surface area contributed by atoms with Crippen LogP contribution in [0, 0.1) is 6.92 Å². The average molecular weight is 400 g/mol. The lowest BCUT2D eigenvalue weighted by Crippen LogP contribution is -2.33. The maximum Gasteiger partial charge on any atom is 0.230 e. The van der Waals surface area contributed by atoms with Gasteiger partial charge < -0.3 is 13.9 Å². The highest BCUT2D eigenvalue weighted by Crippen LogP contribution is 2.36. The number of oxazole rings is 1. The first kappa shape index (κ1) is 19.0. The van der Waals surface area contributed by atoms with Crippen molar-refractivity contribution in [3.8, 4) is 23.0 Å². The fraction of sp³-hybridized carbons (Fsp3) is 0.429. The number of hydrogen-bond donors (Lipinski definition) is 0. The van der Waals surface area contributed by atoms with E-state index in [0.717, 1.165) is 42.3 Å². The van der Waals surface area contributed by atoms with E-state index in [1.807, 2.05) is 31.3 Å². The van der Waals surface area contributed by atoms with Crippen LogP contribution >= 0.6 is 11.3 Å². The summed E-state index contributed by atoms with van der Waals surface area (Å²) in [5.74, 6) is 2.86. The molecular formula is C21H25N3O3S. The SMILES string of the molecule is COc1ccc(OC)c(-c2nc(CN3CCCC[C@H]3c3nccs3)c(C)o2)c1. The van der Waals surface area contributed by atoms with Gasteiger partial charge in [-0.2, -0.15) is 0 Å². The highest BCUT2D eigenvalue weighted by molar-refractivity contribution is 7.09. The first-order valence-corrected chi connectivity index (χ1v) is 10.4. The molecule has 0 radical (unpaired) electrons. The summed E-state index contributed by atoms with van der Waals surface area (Å²) in [6.45, 7) is 3.78. The Kier molecular flexibility index (Phi) is 5.64. The smallest absolute Gasteiger partial charge is 0.230 e. The number of methoxy groups -OCH3 is 2. The highest BCUT2D eigenvalue weighted by atomic mass is 32.1. The molecule has 3 aromatic rings. The minimum absolute atomic E-state index is 0.361. The molecule has 28 heavy (non-hydrogen) atoms. The summed E-state index contributed by atoms with van der Waals surface area (Å²) >= 11 is 1.73. The van der Waals surface area contributed by atoms with Gasteiger partial charge in [0.2, 0.25) is 5.89 Å². The largest absolute Gasteiger partial charge is 0.497 e. The Morgan fingerprint density at radius 3 is 2.89 bits per heavy atom. The van der Waals surface area contributed by atoms with Crippen molar-refractivity contribution in [3.63, 3.8) is 0 Å². The van der Waals surface area contributed by atoms with Crippen molar-refractivity contribution in [2.45, 2.75) is 38.8 Å². The first-order chi connectivity index (χ1) is 13.7. The molecule has 7 heteroatoms. The van der Waals surface area contributed by atoms with Crippen LogP contribution in [0.25, 0.3) is 11.5 Å². The van der Waals surface area contributed by atoms with Gasteiger partial charge in [-0.3, -0.25) is 4.90 Å². The molecule has 148 valence electrons. The normalized spacial score (nSPS) is 17.6. The van der Waals surface area contributed by atoms with Gasteiger partial charge in [0.05, 0.1) is 31.5 Å². The molecule has 1 aliphatic heterocycles. The van der Waals surface area contributed by atoms with Crippen molar-refractivity contribution in [1.29, 1.82) is 0 Å². The van der Waals surface area contributed by atoms with Crippen LogP contribution in [0.5, 0.6) is 11.5 Å². The van der Waals surface area contributed by atoms with Gasteiger partial charge in [0, 0.05) is 18.1 Å². The Morgan fingerprint density at radius 1 is 1.25 bits per heavy atom. The van der Waals surface area contributed by atoms with E-state index in [0.29, 0.717) is 17.7 Å². The average Bonchev–Trinajstić information content (AvgIpc) is 3.38. The Bertz CT molecular complexity index is 923. The first-order valence-electron chi connectivity index (χ1n) is 9.51. The van der Waals surface area contributed by atoms with E-state index >= 15 is 0 Å². The van der Waals surface area contributed by atoms with Crippen molar-refractivity contribution < 1.29 is 13.9 Å². The number of nitrogens with zero attached hydrogens (tertiary/aromatic N) is 3. The van der Waals surface area contributed by atoms with Gasteiger partial charge in [0.1, 0.15) is 22.3 Å². The predicted octanol–water partition coefficient (Wildman–Crippen LogP) is 4.85. The molecular weight excluding hydrogens is 374 g/mol. The molecule has 0 spiro atoms. The van der Waals surface area contributed by atoms with Crippen LogP contribution in [0.4, 0.5) is 0 Å². The van der Waals surface area contributed by atoms with Gasteiger partial charge >= 0.3 is 0 Å². The Labute approximate surface area is 169 Å². The van der Waals surface area contributed by atoms with Crippen molar-refractivity contribution in [2.24, 2.45) is 0 Å². The van der Waals surface area contributed by atoms with Crippen LogP contribution < -0.4 is 9.47 Å². The van der Waals surface area contributed by atoms with Crippen molar-refractivity contribution >= 4 is 11.3 Å². The molecule has 1 aromatic carbocycles. The van der Waals surface area contributed by atoms with Crippen LogP contribution in [0.2, 0.25) is 0 Å². The van der Waals surface area contributed by atoms with Gasteiger partial charge in [-0.05, 0) is 44.5 Å². The zero-order chi connectivity index (χ0) is 19.5. The number of ether oxygens (including phenoxy) is 2. The van der Waals surface area contributed by atoms with Gasteiger partial charge in [-0.25, -0.2) is 9.97 Å². The predicted molar refractivity (Wildman–Crippen MR) is 109 cm³/mol. The summed E-state index contributed by atoms with van der Waals surface area (Å²) in [5, 5.41) is 3.24. The fourth-order valence-corrected chi connectivity index (χ4v) is 4.53. The molecule has 1 fully saturated rings. The Balaban J connectivity index is 1.61. The lowest BCUT2D eigenvalue weighted by molar-refractivity contribution is 0.138. The lowest BCUT2D eigenvalue weighted by atomic mass is 10.0. The van der Waals surface area contributed by atoms with E-state index in [-0.39, 0.29) is 0 Å². The Morgan fingerprint density at radius 2 is 2.14 bits per heavy atom. The number of aryl methyl sites for hydroxylation is 1. The van der Waals surface area contributed by atoms with Crippen LogP contribution in [-0.4, -0.2) is 35.6 Å². The summed E-state index contributed by atoms with van der Waals surface area (Å²) in [6.07, 6.45) is 5.47. The number of piperidine rings is 1. The van der Waals surface area contributed by atoms with E-state index in [9.17, 15) is 0 Å². The number of hydrogen-bond acceptors (Lipinski definition) is 7. The summed E-state index contributed by atoms with van der Waals surface area (Å²) in [5.41, 5.74) is 1.76. The Hall–Kier alpha value is -2.38. The molecule has 6 nitrogen and oxygen atoms in total. The van der Waals surface area contributed by atoms with E-state index < -0.39 is 0 Å². The van der Waals surface area contributed by atoms with E-state index in [4.69, 9.17) is 18.9 Å². The van der Waals surface area contributed by atoms with Crippen LogP contribution in [0.3, 0.4) is 0 Å². The second kappa shape index (κ2) is 8.32. The number of likely N-dealkylation sites (tertiary alicyclic amines) is 1. The third-order valence-electron chi connectivity index (χ3n) is 5.23. The summed E-state index contributed by atoms with van der Waals surface area (Å²) in [6, 6.07) is 5.99. The molecule has 0 N–H and O–H groups in total.